The summed E-state index contributed by atoms with van der Waals surface area (Å²) in [4.78, 5) is 24.2. The maximum absolute atomic E-state index is 12.0. The minimum absolute atomic E-state index is 0.140. The smallest absolute Gasteiger partial charge is 0.294 e. The molecule has 114 valence electrons. The van der Waals surface area contributed by atoms with Gasteiger partial charge in [0.05, 0.1) is 11.5 Å². The molecule has 0 aliphatic carbocycles. The predicted octanol–water partition coefficient (Wildman–Crippen LogP) is 3.08. The van der Waals surface area contributed by atoms with Gasteiger partial charge in [0.15, 0.2) is 0 Å². The van der Waals surface area contributed by atoms with E-state index >= 15 is 0 Å². The highest BCUT2D eigenvalue weighted by molar-refractivity contribution is 6.31. The van der Waals surface area contributed by atoms with Crippen molar-refractivity contribution in [3.8, 4) is 0 Å². The molecule has 0 saturated carbocycles. The van der Waals surface area contributed by atoms with Crippen LogP contribution in [-0.2, 0) is 4.79 Å². The van der Waals surface area contributed by atoms with Crippen LogP contribution in [0.2, 0.25) is 5.02 Å². The Labute approximate surface area is 128 Å². The largest absolute Gasteiger partial charge is 0.319 e. The second-order valence-corrected chi connectivity index (χ2v) is 5.16. The summed E-state index contributed by atoms with van der Waals surface area (Å²) in [6, 6.07) is 4.13. The fourth-order valence-electron chi connectivity index (χ4n) is 1.82. The second-order valence-electron chi connectivity index (χ2n) is 4.73. The van der Waals surface area contributed by atoms with E-state index in [2.05, 4.69) is 11.9 Å². The van der Waals surface area contributed by atoms with Crippen LogP contribution >= 0.6 is 11.6 Å². The van der Waals surface area contributed by atoms with Gasteiger partial charge < -0.3 is 5.32 Å². The van der Waals surface area contributed by atoms with Crippen molar-refractivity contribution in [3.05, 3.63) is 45.5 Å². The lowest BCUT2D eigenvalue weighted by atomic mass is 10.2. The van der Waals surface area contributed by atoms with Crippen molar-refractivity contribution in [2.75, 3.05) is 25.0 Å². The molecule has 1 N–H and O–H groups in total. The van der Waals surface area contributed by atoms with E-state index in [0.717, 1.165) is 5.57 Å². The Kier molecular flexibility index (Phi) is 6.33. The molecule has 0 aliphatic heterocycles. The number of hydrogen-bond acceptors (Lipinski definition) is 4. The third-order valence-electron chi connectivity index (χ3n) is 2.74. The van der Waals surface area contributed by atoms with Gasteiger partial charge in [0.1, 0.15) is 5.69 Å². The summed E-state index contributed by atoms with van der Waals surface area (Å²) in [6.45, 7) is 9.04. The van der Waals surface area contributed by atoms with E-state index in [1.54, 1.807) is 0 Å². The molecule has 0 saturated heterocycles. The van der Waals surface area contributed by atoms with Gasteiger partial charge in [-0.05, 0) is 25.6 Å². The van der Waals surface area contributed by atoms with Crippen LogP contribution in [0.4, 0.5) is 11.4 Å². The number of hydrogen-bond donors (Lipinski definition) is 1. The van der Waals surface area contributed by atoms with Gasteiger partial charge in [-0.1, -0.05) is 30.7 Å². The number of nitro benzene ring substituents is 1. The number of benzene rings is 1. The molecule has 0 heterocycles. The van der Waals surface area contributed by atoms with Crippen LogP contribution in [0.15, 0.2) is 30.4 Å². The summed E-state index contributed by atoms with van der Waals surface area (Å²) < 4.78 is 0. The van der Waals surface area contributed by atoms with Crippen LogP contribution in [0.5, 0.6) is 0 Å². The molecular formula is C14H18ClN3O3. The normalized spacial score (nSPS) is 10.5. The molecule has 1 aromatic rings. The Balaban J connectivity index is 2.79. The van der Waals surface area contributed by atoms with Crippen LogP contribution in [0.3, 0.4) is 0 Å². The number of rotatable bonds is 7. The molecule has 0 aliphatic rings. The van der Waals surface area contributed by atoms with Gasteiger partial charge in [0.25, 0.3) is 5.69 Å². The second kappa shape index (κ2) is 7.75. The lowest BCUT2D eigenvalue weighted by Gasteiger charge is -2.19. The van der Waals surface area contributed by atoms with Crippen molar-refractivity contribution < 1.29 is 9.72 Å². The van der Waals surface area contributed by atoms with Gasteiger partial charge in [-0.15, -0.1) is 0 Å². The molecule has 6 nitrogen and oxygen atoms in total. The average Bonchev–Trinajstić information content (AvgIpc) is 2.39. The van der Waals surface area contributed by atoms with Crippen molar-refractivity contribution in [1.29, 1.82) is 0 Å². The summed E-state index contributed by atoms with van der Waals surface area (Å²) in [5.74, 6) is -0.316. The van der Waals surface area contributed by atoms with E-state index < -0.39 is 4.92 Å². The zero-order valence-corrected chi connectivity index (χ0v) is 12.8. The maximum Gasteiger partial charge on any atom is 0.294 e. The van der Waals surface area contributed by atoms with Crippen LogP contribution in [-0.4, -0.2) is 35.4 Å². The number of nitro groups is 1. The molecule has 0 bridgehead atoms. The van der Waals surface area contributed by atoms with Gasteiger partial charge >= 0.3 is 0 Å². The Bertz CT molecular complexity index is 560. The lowest BCUT2D eigenvalue weighted by molar-refractivity contribution is -0.383. The molecule has 0 unspecified atom stereocenters. The summed E-state index contributed by atoms with van der Waals surface area (Å²) in [5.41, 5.74) is 0.863. The van der Waals surface area contributed by atoms with Gasteiger partial charge in [0, 0.05) is 17.6 Å². The molecule has 1 rings (SSSR count). The van der Waals surface area contributed by atoms with Crippen LogP contribution in [0, 0.1) is 10.1 Å². The first kappa shape index (κ1) is 17.1. The molecule has 1 amide bonds. The topological polar surface area (TPSA) is 75.5 Å². The molecule has 0 atom stereocenters. The van der Waals surface area contributed by atoms with E-state index in [-0.39, 0.29) is 28.8 Å². The number of likely N-dealkylation sites (N-methyl/N-ethyl adjacent to an activating group) is 1. The van der Waals surface area contributed by atoms with Crippen LogP contribution in [0.1, 0.15) is 13.8 Å². The van der Waals surface area contributed by atoms with Gasteiger partial charge in [-0.25, -0.2) is 0 Å². The highest BCUT2D eigenvalue weighted by atomic mass is 35.5. The molecule has 1 aromatic carbocycles. The van der Waals surface area contributed by atoms with Crippen molar-refractivity contribution in [2.45, 2.75) is 13.8 Å². The van der Waals surface area contributed by atoms with E-state index in [0.29, 0.717) is 13.1 Å². The fraction of sp³-hybridized carbons (Fsp3) is 0.357. The van der Waals surface area contributed by atoms with Crippen molar-refractivity contribution >= 4 is 28.9 Å². The van der Waals surface area contributed by atoms with Crippen molar-refractivity contribution in [2.24, 2.45) is 0 Å². The van der Waals surface area contributed by atoms with Crippen molar-refractivity contribution in [3.63, 3.8) is 0 Å². The summed E-state index contributed by atoms with van der Waals surface area (Å²) in [5, 5.41) is 13.7. The fourth-order valence-corrected chi connectivity index (χ4v) is 1.98. The quantitative estimate of drug-likeness (QED) is 0.477. The van der Waals surface area contributed by atoms with Crippen LogP contribution < -0.4 is 5.32 Å². The molecule has 21 heavy (non-hydrogen) atoms. The molecule has 0 fully saturated rings. The summed E-state index contributed by atoms with van der Waals surface area (Å²) in [7, 11) is 0. The standard InChI is InChI=1S/C14H18ClN3O3/c1-4-17(8-10(2)3)9-14(19)16-12-6-5-11(15)7-13(12)18(20)21/h5-7H,2,4,8-9H2,1,3H3,(H,16,19). The summed E-state index contributed by atoms with van der Waals surface area (Å²) >= 11 is 5.73. The molecule has 0 radical (unpaired) electrons. The monoisotopic (exact) mass is 311 g/mol. The molecule has 0 spiro atoms. The number of carbonyl (C=O) groups excluding carboxylic acids is 1. The van der Waals surface area contributed by atoms with E-state index in [1.165, 1.54) is 18.2 Å². The zero-order valence-electron chi connectivity index (χ0n) is 12.1. The molecule has 0 aromatic heterocycles. The Morgan fingerprint density at radius 1 is 1.48 bits per heavy atom. The predicted molar refractivity (Wildman–Crippen MR) is 83.7 cm³/mol. The Morgan fingerprint density at radius 2 is 2.14 bits per heavy atom. The van der Waals surface area contributed by atoms with Gasteiger partial charge in [-0.3, -0.25) is 19.8 Å². The van der Waals surface area contributed by atoms with E-state index in [9.17, 15) is 14.9 Å². The number of anilines is 1. The van der Waals surface area contributed by atoms with E-state index in [4.69, 9.17) is 11.6 Å². The molecule has 7 heteroatoms. The molecular weight excluding hydrogens is 294 g/mol. The number of halogens is 1. The van der Waals surface area contributed by atoms with Crippen LogP contribution in [0.25, 0.3) is 0 Å². The highest BCUT2D eigenvalue weighted by Crippen LogP contribution is 2.27. The van der Waals surface area contributed by atoms with E-state index in [1.807, 2.05) is 18.7 Å². The number of carbonyl (C=O) groups is 1. The zero-order chi connectivity index (χ0) is 16.0. The van der Waals surface area contributed by atoms with Crippen molar-refractivity contribution in [1.82, 2.24) is 4.90 Å². The number of nitrogens with zero attached hydrogens (tertiary/aromatic N) is 2. The average molecular weight is 312 g/mol. The highest BCUT2D eigenvalue weighted by Gasteiger charge is 2.17. The Hall–Kier alpha value is -1.92. The first-order valence-electron chi connectivity index (χ1n) is 6.44. The van der Waals surface area contributed by atoms with Gasteiger partial charge in [0.2, 0.25) is 5.91 Å². The maximum atomic E-state index is 12.0. The minimum atomic E-state index is -0.576. The number of nitrogens with one attached hydrogen (secondary N) is 1. The van der Waals surface area contributed by atoms with Gasteiger partial charge in [-0.2, -0.15) is 0 Å². The lowest BCUT2D eigenvalue weighted by Crippen LogP contribution is -2.34. The SMILES string of the molecule is C=C(C)CN(CC)CC(=O)Nc1ccc(Cl)cc1[N+](=O)[O-]. The first-order valence-corrected chi connectivity index (χ1v) is 6.81. The first-order chi connectivity index (χ1) is 9.83. The summed E-state index contributed by atoms with van der Waals surface area (Å²) in [6.07, 6.45) is 0. The Morgan fingerprint density at radius 3 is 2.67 bits per heavy atom. The minimum Gasteiger partial charge on any atom is -0.319 e. The third-order valence-corrected chi connectivity index (χ3v) is 2.97. The third kappa shape index (κ3) is 5.53. The number of amides is 1.